The maximum absolute atomic E-state index is 12.8. The second kappa shape index (κ2) is 2.97. The molecule has 0 saturated carbocycles. The van der Waals surface area contributed by atoms with Crippen LogP contribution in [0, 0.1) is 5.82 Å². The molecule has 58 valence electrons. The molecule has 1 aromatic carbocycles. The van der Waals surface area contributed by atoms with Gasteiger partial charge in [-0.05, 0) is 11.4 Å². The van der Waals surface area contributed by atoms with Gasteiger partial charge in [0.05, 0.1) is 5.56 Å². The second-order valence-electron chi connectivity index (χ2n) is 2.07. The Hall–Kier alpha value is -0.950. The summed E-state index contributed by atoms with van der Waals surface area (Å²) >= 11 is 0. The summed E-state index contributed by atoms with van der Waals surface area (Å²) in [6.45, 7) is 0. The van der Waals surface area contributed by atoms with E-state index in [1.54, 1.807) is 6.07 Å². The fraction of sp³-hybridized carbons (Fsp3) is 0. The maximum Gasteiger partial charge on any atom is 0.252 e. The van der Waals surface area contributed by atoms with Crippen LogP contribution in [0.15, 0.2) is 18.2 Å². The van der Waals surface area contributed by atoms with Crippen LogP contribution in [0.25, 0.3) is 0 Å². The van der Waals surface area contributed by atoms with E-state index in [9.17, 15) is 9.18 Å². The van der Waals surface area contributed by atoms with Crippen molar-refractivity contribution in [3.05, 3.63) is 29.6 Å². The lowest BCUT2D eigenvalue weighted by atomic mass is 10.2. The number of nitrogens with two attached hydrogens (primary N) is 1. The molecule has 1 atom stereocenters. The Morgan fingerprint density at radius 1 is 1.55 bits per heavy atom. The van der Waals surface area contributed by atoms with Crippen LogP contribution in [0.4, 0.5) is 4.39 Å². The highest BCUT2D eigenvalue weighted by Crippen LogP contribution is 2.05. The van der Waals surface area contributed by atoms with Gasteiger partial charge in [0.25, 0.3) is 5.91 Å². The van der Waals surface area contributed by atoms with Crippen LogP contribution in [0.3, 0.4) is 0 Å². The zero-order valence-electron chi connectivity index (χ0n) is 5.67. The van der Waals surface area contributed by atoms with Crippen molar-refractivity contribution in [3.8, 4) is 0 Å². The first-order chi connectivity index (χ1) is 5.13. The summed E-state index contributed by atoms with van der Waals surface area (Å²) in [6.07, 6.45) is 0. The average molecular weight is 171 g/mol. The third-order valence-electron chi connectivity index (χ3n) is 1.29. The molecule has 2 N–H and O–H groups in total. The molecule has 0 spiro atoms. The van der Waals surface area contributed by atoms with E-state index < -0.39 is 11.7 Å². The highest BCUT2D eigenvalue weighted by molar-refractivity contribution is 7.27. The number of carbonyl (C=O) groups is 1. The van der Waals surface area contributed by atoms with E-state index in [0.717, 1.165) is 0 Å². The molecule has 0 saturated heterocycles. The van der Waals surface area contributed by atoms with E-state index in [2.05, 4.69) is 9.24 Å². The van der Waals surface area contributed by atoms with E-state index in [1.165, 1.54) is 12.1 Å². The number of benzene rings is 1. The van der Waals surface area contributed by atoms with Gasteiger partial charge in [-0.3, -0.25) is 4.79 Å². The van der Waals surface area contributed by atoms with Gasteiger partial charge in [-0.15, -0.1) is 9.24 Å². The fourth-order valence-corrected chi connectivity index (χ4v) is 1.19. The molecular formula is C7H7FNOP. The molecule has 1 rings (SSSR count). The van der Waals surface area contributed by atoms with E-state index in [4.69, 9.17) is 5.73 Å². The van der Waals surface area contributed by atoms with Gasteiger partial charge in [0.1, 0.15) is 5.82 Å². The summed E-state index contributed by atoms with van der Waals surface area (Å²) in [5, 5.41) is 0.484. The minimum absolute atomic E-state index is 0.0579. The first-order valence-corrected chi connectivity index (χ1v) is 3.54. The summed E-state index contributed by atoms with van der Waals surface area (Å²) < 4.78 is 12.8. The standard InChI is InChI=1S/C7H7FNOP/c8-4-2-1-3-5(11)6(4)7(9)10/h1-3H,11H2,(H2,9,10). The van der Waals surface area contributed by atoms with Crippen molar-refractivity contribution < 1.29 is 9.18 Å². The fourth-order valence-electron chi connectivity index (χ4n) is 0.801. The molecule has 1 amide bonds. The molecule has 0 fully saturated rings. The Morgan fingerprint density at radius 3 is 2.55 bits per heavy atom. The predicted molar refractivity (Wildman–Crippen MR) is 44.3 cm³/mol. The quantitative estimate of drug-likeness (QED) is 0.611. The predicted octanol–water partition coefficient (Wildman–Crippen LogP) is 0.425. The molecule has 0 aliphatic carbocycles. The zero-order valence-corrected chi connectivity index (χ0v) is 6.83. The summed E-state index contributed by atoms with van der Waals surface area (Å²) in [7, 11) is 2.25. The highest BCUT2D eigenvalue weighted by atomic mass is 31.0. The number of hydrogen-bond acceptors (Lipinski definition) is 1. The molecule has 0 bridgehead atoms. The van der Waals surface area contributed by atoms with Crippen LogP contribution >= 0.6 is 9.24 Å². The number of hydrogen-bond donors (Lipinski definition) is 1. The van der Waals surface area contributed by atoms with Crippen molar-refractivity contribution in [1.82, 2.24) is 0 Å². The van der Waals surface area contributed by atoms with Crippen LogP contribution < -0.4 is 11.0 Å². The first-order valence-electron chi connectivity index (χ1n) is 2.96. The van der Waals surface area contributed by atoms with E-state index in [-0.39, 0.29) is 5.56 Å². The van der Waals surface area contributed by atoms with Gasteiger partial charge in [-0.2, -0.15) is 0 Å². The Bertz CT molecular complexity index is 280. The number of halogens is 1. The normalized spacial score (nSPS) is 9.64. The lowest BCUT2D eigenvalue weighted by Crippen LogP contribution is -2.20. The average Bonchev–Trinajstić information content (AvgIpc) is 1.85. The molecule has 0 aromatic heterocycles. The van der Waals surface area contributed by atoms with Crippen molar-refractivity contribution in [3.63, 3.8) is 0 Å². The zero-order chi connectivity index (χ0) is 8.43. The van der Waals surface area contributed by atoms with E-state index in [1.807, 2.05) is 0 Å². The number of carbonyl (C=O) groups excluding carboxylic acids is 1. The lowest BCUT2D eigenvalue weighted by molar-refractivity contribution is 0.0998. The lowest BCUT2D eigenvalue weighted by Gasteiger charge is -2.00. The van der Waals surface area contributed by atoms with E-state index >= 15 is 0 Å². The smallest absolute Gasteiger partial charge is 0.252 e. The molecule has 0 aliphatic rings. The van der Waals surface area contributed by atoms with Crippen molar-refractivity contribution in [2.45, 2.75) is 0 Å². The third kappa shape index (κ3) is 1.55. The minimum atomic E-state index is -0.742. The summed E-state index contributed by atoms with van der Waals surface area (Å²) in [5.41, 5.74) is 4.87. The second-order valence-corrected chi connectivity index (χ2v) is 2.69. The summed E-state index contributed by atoms with van der Waals surface area (Å²) in [4.78, 5) is 10.6. The van der Waals surface area contributed by atoms with Crippen LogP contribution in [0.5, 0.6) is 0 Å². The Labute approximate surface area is 65.8 Å². The minimum Gasteiger partial charge on any atom is -0.365 e. The van der Waals surface area contributed by atoms with E-state index in [0.29, 0.717) is 5.30 Å². The van der Waals surface area contributed by atoms with Crippen LogP contribution in [-0.2, 0) is 0 Å². The summed E-state index contributed by atoms with van der Waals surface area (Å²) in [6, 6.07) is 4.32. The van der Waals surface area contributed by atoms with Crippen molar-refractivity contribution in [2.24, 2.45) is 5.73 Å². The van der Waals surface area contributed by atoms with Gasteiger partial charge >= 0.3 is 0 Å². The molecule has 4 heteroatoms. The molecule has 1 aromatic rings. The molecule has 0 aliphatic heterocycles. The number of rotatable bonds is 1. The Morgan fingerprint density at radius 2 is 2.18 bits per heavy atom. The first kappa shape index (κ1) is 8.15. The maximum atomic E-state index is 12.8. The molecule has 11 heavy (non-hydrogen) atoms. The largest absolute Gasteiger partial charge is 0.365 e. The van der Waals surface area contributed by atoms with Crippen molar-refractivity contribution >= 4 is 20.5 Å². The third-order valence-corrected chi connectivity index (χ3v) is 1.77. The topological polar surface area (TPSA) is 43.1 Å². The van der Waals surface area contributed by atoms with Gasteiger partial charge in [-0.1, -0.05) is 12.1 Å². The van der Waals surface area contributed by atoms with Crippen LogP contribution in [0.2, 0.25) is 0 Å². The molecule has 1 unspecified atom stereocenters. The highest BCUT2D eigenvalue weighted by Gasteiger charge is 2.09. The molecule has 2 nitrogen and oxygen atoms in total. The van der Waals surface area contributed by atoms with Crippen LogP contribution in [0.1, 0.15) is 10.4 Å². The number of primary amides is 1. The van der Waals surface area contributed by atoms with Gasteiger partial charge in [0.2, 0.25) is 0 Å². The van der Waals surface area contributed by atoms with Gasteiger partial charge in [-0.25, -0.2) is 4.39 Å². The number of amides is 1. The molecule has 0 heterocycles. The Kier molecular flexibility index (Phi) is 2.20. The van der Waals surface area contributed by atoms with Gasteiger partial charge in [0, 0.05) is 0 Å². The van der Waals surface area contributed by atoms with Gasteiger partial charge < -0.3 is 5.73 Å². The van der Waals surface area contributed by atoms with Gasteiger partial charge in [0.15, 0.2) is 0 Å². The monoisotopic (exact) mass is 171 g/mol. The van der Waals surface area contributed by atoms with Crippen molar-refractivity contribution in [1.29, 1.82) is 0 Å². The van der Waals surface area contributed by atoms with Crippen molar-refractivity contribution in [2.75, 3.05) is 0 Å². The molecular weight excluding hydrogens is 164 g/mol. The SMILES string of the molecule is NC(=O)c1c(F)cccc1P. The van der Waals surface area contributed by atoms with Crippen LogP contribution in [-0.4, -0.2) is 5.91 Å². The Balaban J connectivity index is 3.32. The molecule has 0 radical (unpaired) electrons. The summed E-state index contributed by atoms with van der Waals surface area (Å²) in [5.74, 6) is -1.32.